The average molecular weight is 234 g/mol. The summed E-state index contributed by atoms with van der Waals surface area (Å²) in [4.78, 5) is 9.27. The summed E-state index contributed by atoms with van der Waals surface area (Å²) >= 11 is 0. The molecule has 2 rings (SSSR count). The molecule has 1 saturated heterocycles. The molecule has 1 aromatic rings. The van der Waals surface area contributed by atoms with Crippen LogP contribution in [0.3, 0.4) is 0 Å². The smallest absolute Gasteiger partial charge is 0.130 e. The molecule has 2 N–H and O–H groups in total. The number of piperazine rings is 1. The Bertz CT molecular complexity index is 381. The number of nitrogens with zero attached hydrogens (tertiary/aromatic N) is 3. The van der Waals surface area contributed by atoms with Gasteiger partial charge in [-0.05, 0) is 26.3 Å². The quantitative estimate of drug-likeness (QED) is 0.842. The van der Waals surface area contributed by atoms with Gasteiger partial charge in [-0.1, -0.05) is 0 Å². The highest BCUT2D eigenvalue weighted by Crippen LogP contribution is 2.19. The zero-order chi connectivity index (χ0) is 12.4. The van der Waals surface area contributed by atoms with E-state index in [2.05, 4.69) is 28.6 Å². The maximum atomic E-state index is 5.93. The lowest BCUT2D eigenvalue weighted by Crippen LogP contribution is -2.49. The summed E-state index contributed by atoms with van der Waals surface area (Å²) in [6.45, 7) is 10.8. The molecule has 0 unspecified atom stereocenters. The number of nitrogens with two attached hydrogens (primary N) is 1. The van der Waals surface area contributed by atoms with Gasteiger partial charge in [-0.3, -0.25) is 4.90 Å². The molecule has 2 heterocycles. The van der Waals surface area contributed by atoms with Crippen LogP contribution < -0.4 is 10.6 Å². The molecule has 0 radical (unpaired) electrons. The predicted molar refractivity (Wildman–Crippen MR) is 72.3 cm³/mol. The van der Waals surface area contributed by atoms with E-state index >= 15 is 0 Å². The van der Waals surface area contributed by atoms with Crippen LogP contribution in [0.4, 0.5) is 11.5 Å². The van der Waals surface area contributed by atoms with Crippen molar-refractivity contribution in [2.75, 3.05) is 36.8 Å². The Morgan fingerprint density at radius 1 is 1.24 bits per heavy atom. The minimum Gasteiger partial charge on any atom is -0.398 e. The van der Waals surface area contributed by atoms with Crippen molar-refractivity contribution < 1.29 is 0 Å². The largest absolute Gasteiger partial charge is 0.398 e. The van der Waals surface area contributed by atoms with Crippen LogP contribution in [0.5, 0.6) is 0 Å². The zero-order valence-corrected chi connectivity index (χ0v) is 11.0. The molecule has 4 heteroatoms. The van der Waals surface area contributed by atoms with Gasteiger partial charge < -0.3 is 10.6 Å². The first-order chi connectivity index (χ1) is 8.08. The van der Waals surface area contributed by atoms with Gasteiger partial charge in [0.15, 0.2) is 0 Å². The summed E-state index contributed by atoms with van der Waals surface area (Å²) in [5.74, 6) is 1.01. The fourth-order valence-corrected chi connectivity index (χ4v) is 2.17. The van der Waals surface area contributed by atoms with Crippen molar-refractivity contribution in [1.29, 1.82) is 0 Å². The van der Waals surface area contributed by atoms with Crippen LogP contribution in [0.1, 0.15) is 19.4 Å². The summed E-state index contributed by atoms with van der Waals surface area (Å²) in [5, 5.41) is 0. The van der Waals surface area contributed by atoms with E-state index in [1.54, 1.807) is 0 Å². The molecule has 94 valence electrons. The molecule has 0 atom stereocenters. The Labute approximate surface area is 103 Å². The second kappa shape index (κ2) is 4.92. The van der Waals surface area contributed by atoms with Gasteiger partial charge in [0.1, 0.15) is 5.82 Å². The molecule has 0 amide bonds. The maximum absolute atomic E-state index is 5.93. The maximum Gasteiger partial charge on any atom is 0.130 e. The summed E-state index contributed by atoms with van der Waals surface area (Å²) in [5.41, 5.74) is 7.81. The van der Waals surface area contributed by atoms with Crippen molar-refractivity contribution in [3.05, 3.63) is 17.8 Å². The first-order valence-corrected chi connectivity index (χ1v) is 6.29. The highest BCUT2D eigenvalue weighted by atomic mass is 15.3. The van der Waals surface area contributed by atoms with Gasteiger partial charge in [0, 0.05) is 50.2 Å². The highest BCUT2D eigenvalue weighted by Gasteiger charge is 2.19. The van der Waals surface area contributed by atoms with E-state index in [1.165, 1.54) is 0 Å². The molecule has 1 aromatic heterocycles. The normalized spacial score (nSPS) is 17.8. The Hall–Kier alpha value is -1.29. The SMILES string of the molecule is Cc1cnc(N2CCN(C(C)C)CC2)cc1N. The van der Waals surface area contributed by atoms with Gasteiger partial charge in [0.25, 0.3) is 0 Å². The monoisotopic (exact) mass is 234 g/mol. The Morgan fingerprint density at radius 3 is 2.41 bits per heavy atom. The molecule has 0 bridgehead atoms. The zero-order valence-electron chi connectivity index (χ0n) is 11.0. The van der Waals surface area contributed by atoms with Gasteiger partial charge in [0.05, 0.1) is 0 Å². The van der Waals surface area contributed by atoms with E-state index in [9.17, 15) is 0 Å². The van der Waals surface area contributed by atoms with Crippen LogP contribution in [0.15, 0.2) is 12.3 Å². The number of aromatic nitrogens is 1. The third kappa shape index (κ3) is 2.69. The Kier molecular flexibility index (Phi) is 3.52. The van der Waals surface area contributed by atoms with Crippen molar-refractivity contribution >= 4 is 11.5 Å². The number of nitrogen functional groups attached to an aromatic ring is 1. The van der Waals surface area contributed by atoms with Crippen molar-refractivity contribution in [3.8, 4) is 0 Å². The lowest BCUT2D eigenvalue weighted by atomic mass is 10.2. The lowest BCUT2D eigenvalue weighted by molar-refractivity contribution is 0.209. The van der Waals surface area contributed by atoms with Crippen LogP contribution in [0.25, 0.3) is 0 Å². The van der Waals surface area contributed by atoms with E-state index in [1.807, 2.05) is 19.2 Å². The van der Waals surface area contributed by atoms with Crippen LogP contribution in [-0.4, -0.2) is 42.1 Å². The van der Waals surface area contributed by atoms with Gasteiger partial charge in [-0.2, -0.15) is 0 Å². The van der Waals surface area contributed by atoms with E-state index in [0.29, 0.717) is 6.04 Å². The van der Waals surface area contributed by atoms with E-state index < -0.39 is 0 Å². The van der Waals surface area contributed by atoms with E-state index in [-0.39, 0.29) is 0 Å². The third-order valence-corrected chi connectivity index (χ3v) is 3.50. The number of hydrogen-bond donors (Lipinski definition) is 1. The van der Waals surface area contributed by atoms with Crippen LogP contribution >= 0.6 is 0 Å². The predicted octanol–water partition coefficient (Wildman–Crippen LogP) is 1.50. The minimum atomic E-state index is 0.633. The summed E-state index contributed by atoms with van der Waals surface area (Å²) < 4.78 is 0. The minimum absolute atomic E-state index is 0.633. The third-order valence-electron chi connectivity index (χ3n) is 3.50. The molecular formula is C13H22N4. The molecule has 0 aromatic carbocycles. The lowest BCUT2D eigenvalue weighted by Gasteiger charge is -2.37. The van der Waals surface area contributed by atoms with E-state index in [4.69, 9.17) is 5.73 Å². The molecule has 0 saturated carbocycles. The molecular weight excluding hydrogens is 212 g/mol. The number of aryl methyl sites for hydroxylation is 1. The molecule has 1 fully saturated rings. The Balaban J connectivity index is 2.03. The van der Waals surface area contributed by atoms with Gasteiger partial charge in [-0.25, -0.2) is 4.98 Å². The van der Waals surface area contributed by atoms with Gasteiger partial charge in [0.2, 0.25) is 0 Å². The standard InChI is InChI=1S/C13H22N4/c1-10(2)16-4-6-17(7-5-16)13-8-12(14)11(3)9-15-13/h8-10H,4-7H2,1-3H3,(H2,14,15). The van der Waals surface area contributed by atoms with Crippen LogP contribution in [0.2, 0.25) is 0 Å². The molecule has 0 aliphatic carbocycles. The molecule has 4 nitrogen and oxygen atoms in total. The molecule has 17 heavy (non-hydrogen) atoms. The van der Waals surface area contributed by atoms with Gasteiger partial charge >= 0.3 is 0 Å². The topological polar surface area (TPSA) is 45.4 Å². The molecule has 1 aliphatic heterocycles. The number of pyridine rings is 1. The highest BCUT2D eigenvalue weighted by molar-refractivity contribution is 5.54. The first-order valence-electron chi connectivity index (χ1n) is 6.29. The van der Waals surface area contributed by atoms with Gasteiger partial charge in [-0.15, -0.1) is 0 Å². The number of rotatable bonds is 2. The fourth-order valence-electron chi connectivity index (χ4n) is 2.17. The second-order valence-electron chi connectivity index (χ2n) is 5.02. The number of hydrogen-bond acceptors (Lipinski definition) is 4. The molecule has 1 aliphatic rings. The van der Waals surface area contributed by atoms with Crippen LogP contribution in [-0.2, 0) is 0 Å². The van der Waals surface area contributed by atoms with Crippen molar-refractivity contribution in [2.24, 2.45) is 0 Å². The van der Waals surface area contributed by atoms with Crippen molar-refractivity contribution in [2.45, 2.75) is 26.8 Å². The fraction of sp³-hybridized carbons (Fsp3) is 0.615. The first kappa shape index (κ1) is 12.2. The average Bonchev–Trinajstić information content (AvgIpc) is 2.33. The second-order valence-corrected chi connectivity index (χ2v) is 5.02. The summed E-state index contributed by atoms with van der Waals surface area (Å²) in [6, 6.07) is 2.62. The molecule has 0 spiro atoms. The van der Waals surface area contributed by atoms with Crippen molar-refractivity contribution in [3.63, 3.8) is 0 Å². The van der Waals surface area contributed by atoms with Crippen molar-refractivity contribution in [1.82, 2.24) is 9.88 Å². The summed E-state index contributed by atoms with van der Waals surface area (Å²) in [7, 11) is 0. The summed E-state index contributed by atoms with van der Waals surface area (Å²) in [6.07, 6.45) is 1.86. The van der Waals surface area contributed by atoms with E-state index in [0.717, 1.165) is 43.2 Å². The van der Waals surface area contributed by atoms with Crippen LogP contribution in [0, 0.1) is 6.92 Å². The Morgan fingerprint density at radius 2 is 1.88 bits per heavy atom. The number of anilines is 2.